The van der Waals surface area contributed by atoms with Gasteiger partial charge in [-0.15, -0.1) is 0 Å². The van der Waals surface area contributed by atoms with Crippen LogP contribution in [0.3, 0.4) is 0 Å². The molecule has 0 aliphatic rings. The molecule has 100 valence electrons. The Balaban J connectivity index is 2.43. The molecule has 0 spiro atoms. The summed E-state index contributed by atoms with van der Waals surface area (Å²) in [6, 6.07) is 6.77. The highest BCUT2D eigenvalue weighted by atomic mass is 35.5. The fourth-order valence-electron chi connectivity index (χ4n) is 1.31. The van der Waals surface area contributed by atoms with Gasteiger partial charge in [-0.2, -0.15) is 0 Å². The zero-order valence-electron chi connectivity index (χ0n) is 11.4. The largest absolute Gasteiger partial charge is 0.461 e. The van der Waals surface area contributed by atoms with Gasteiger partial charge in [-0.3, -0.25) is 4.90 Å². The maximum absolute atomic E-state index is 11.7. The standard InChI is InChI=1S/C14H20ClNO2/c1-14(2,3)16(4)8-9-18-13(17)11-6-5-7-12(15)10-11/h5-7,10H,8-9H2,1-4H3. The van der Waals surface area contributed by atoms with Gasteiger partial charge in [0.25, 0.3) is 0 Å². The van der Waals surface area contributed by atoms with Crippen LogP contribution in [0.1, 0.15) is 31.1 Å². The lowest BCUT2D eigenvalue weighted by atomic mass is 10.1. The zero-order chi connectivity index (χ0) is 13.8. The summed E-state index contributed by atoms with van der Waals surface area (Å²) in [4.78, 5) is 13.9. The first-order valence-electron chi connectivity index (χ1n) is 5.94. The number of ether oxygens (including phenoxy) is 1. The molecular weight excluding hydrogens is 250 g/mol. The summed E-state index contributed by atoms with van der Waals surface area (Å²) in [5.41, 5.74) is 0.559. The van der Waals surface area contributed by atoms with Gasteiger partial charge in [0.05, 0.1) is 5.56 Å². The van der Waals surface area contributed by atoms with Crippen LogP contribution in [-0.4, -0.2) is 36.6 Å². The van der Waals surface area contributed by atoms with E-state index < -0.39 is 0 Å². The van der Waals surface area contributed by atoms with Crippen LogP contribution in [0, 0.1) is 0 Å². The van der Waals surface area contributed by atoms with Crippen LogP contribution in [0.25, 0.3) is 0 Å². The van der Waals surface area contributed by atoms with E-state index in [0.29, 0.717) is 23.7 Å². The summed E-state index contributed by atoms with van der Waals surface area (Å²) in [7, 11) is 2.01. The molecule has 4 heteroatoms. The number of carbonyl (C=O) groups excluding carboxylic acids is 1. The third-order valence-electron chi connectivity index (χ3n) is 2.87. The van der Waals surface area contributed by atoms with Crippen LogP contribution in [-0.2, 0) is 4.74 Å². The van der Waals surface area contributed by atoms with Crippen molar-refractivity contribution < 1.29 is 9.53 Å². The second-order valence-corrected chi connectivity index (χ2v) is 5.68. The van der Waals surface area contributed by atoms with Gasteiger partial charge in [0, 0.05) is 17.1 Å². The van der Waals surface area contributed by atoms with E-state index in [-0.39, 0.29) is 11.5 Å². The molecule has 0 bridgehead atoms. The van der Waals surface area contributed by atoms with Crippen LogP contribution in [0.4, 0.5) is 0 Å². The summed E-state index contributed by atoms with van der Waals surface area (Å²) in [6.07, 6.45) is 0. The molecule has 1 rings (SSSR count). The Morgan fingerprint density at radius 1 is 1.39 bits per heavy atom. The molecule has 0 heterocycles. The second kappa shape index (κ2) is 6.21. The van der Waals surface area contributed by atoms with Crippen molar-refractivity contribution in [2.24, 2.45) is 0 Å². The monoisotopic (exact) mass is 269 g/mol. The lowest BCUT2D eigenvalue weighted by Gasteiger charge is -2.31. The van der Waals surface area contributed by atoms with Gasteiger partial charge in [-0.05, 0) is 46.0 Å². The van der Waals surface area contributed by atoms with E-state index in [2.05, 4.69) is 25.7 Å². The Hall–Kier alpha value is -1.06. The molecule has 1 aromatic carbocycles. The zero-order valence-corrected chi connectivity index (χ0v) is 12.1. The van der Waals surface area contributed by atoms with Crippen LogP contribution in [0.2, 0.25) is 5.02 Å². The Morgan fingerprint density at radius 3 is 2.61 bits per heavy atom. The molecule has 0 saturated heterocycles. The highest BCUT2D eigenvalue weighted by Crippen LogP contribution is 2.12. The predicted octanol–water partition coefficient (Wildman–Crippen LogP) is 3.23. The average Bonchev–Trinajstić information content (AvgIpc) is 2.27. The number of carbonyl (C=O) groups is 1. The fourth-order valence-corrected chi connectivity index (χ4v) is 1.50. The van der Waals surface area contributed by atoms with Gasteiger partial charge in [0.15, 0.2) is 0 Å². The summed E-state index contributed by atoms with van der Waals surface area (Å²) in [6.45, 7) is 7.43. The molecule has 0 radical (unpaired) electrons. The molecule has 18 heavy (non-hydrogen) atoms. The molecule has 0 saturated carbocycles. The highest BCUT2D eigenvalue weighted by Gasteiger charge is 2.17. The van der Waals surface area contributed by atoms with Crippen molar-refractivity contribution in [2.45, 2.75) is 26.3 Å². The van der Waals surface area contributed by atoms with E-state index in [1.165, 1.54) is 0 Å². The maximum Gasteiger partial charge on any atom is 0.338 e. The lowest BCUT2D eigenvalue weighted by Crippen LogP contribution is -2.40. The van der Waals surface area contributed by atoms with Crippen molar-refractivity contribution in [1.29, 1.82) is 0 Å². The van der Waals surface area contributed by atoms with Crippen molar-refractivity contribution in [1.82, 2.24) is 4.90 Å². The number of nitrogens with zero attached hydrogens (tertiary/aromatic N) is 1. The van der Waals surface area contributed by atoms with Crippen molar-refractivity contribution in [2.75, 3.05) is 20.2 Å². The minimum Gasteiger partial charge on any atom is -0.461 e. The van der Waals surface area contributed by atoms with Crippen molar-refractivity contribution >= 4 is 17.6 Å². The molecule has 0 amide bonds. The van der Waals surface area contributed by atoms with Gasteiger partial charge < -0.3 is 4.74 Å². The quantitative estimate of drug-likeness (QED) is 0.786. The van der Waals surface area contributed by atoms with E-state index >= 15 is 0 Å². The SMILES string of the molecule is CN(CCOC(=O)c1cccc(Cl)c1)C(C)(C)C. The predicted molar refractivity (Wildman–Crippen MR) is 74.1 cm³/mol. The Kier molecular flexibility index (Phi) is 5.17. The molecule has 0 N–H and O–H groups in total. The van der Waals surface area contributed by atoms with Crippen LogP contribution >= 0.6 is 11.6 Å². The van der Waals surface area contributed by atoms with E-state index in [9.17, 15) is 4.79 Å². The maximum atomic E-state index is 11.7. The molecule has 0 unspecified atom stereocenters. The van der Waals surface area contributed by atoms with Gasteiger partial charge in [-0.25, -0.2) is 4.79 Å². The van der Waals surface area contributed by atoms with Crippen LogP contribution < -0.4 is 0 Å². The number of likely N-dealkylation sites (N-methyl/N-ethyl adjacent to an activating group) is 1. The first-order chi connectivity index (χ1) is 8.30. The normalized spacial score (nSPS) is 11.7. The molecular formula is C14H20ClNO2. The second-order valence-electron chi connectivity index (χ2n) is 5.24. The molecule has 3 nitrogen and oxygen atoms in total. The van der Waals surface area contributed by atoms with E-state index in [1.807, 2.05) is 7.05 Å². The number of rotatable bonds is 4. The summed E-state index contributed by atoms with van der Waals surface area (Å²) < 4.78 is 5.21. The minimum absolute atomic E-state index is 0.0719. The smallest absolute Gasteiger partial charge is 0.338 e. The summed E-state index contributed by atoms with van der Waals surface area (Å²) in [5.74, 6) is -0.334. The van der Waals surface area contributed by atoms with E-state index in [4.69, 9.17) is 16.3 Å². The first kappa shape index (κ1) is 15.0. The van der Waals surface area contributed by atoms with Crippen molar-refractivity contribution in [3.63, 3.8) is 0 Å². The number of hydrogen-bond donors (Lipinski definition) is 0. The average molecular weight is 270 g/mol. The summed E-state index contributed by atoms with van der Waals surface area (Å²) >= 11 is 5.82. The minimum atomic E-state index is -0.334. The molecule has 0 aliphatic carbocycles. The number of hydrogen-bond acceptors (Lipinski definition) is 3. The number of esters is 1. The molecule has 0 atom stereocenters. The van der Waals surface area contributed by atoms with E-state index in [1.54, 1.807) is 24.3 Å². The summed E-state index contributed by atoms with van der Waals surface area (Å²) in [5, 5.41) is 0.538. The molecule has 0 aromatic heterocycles. The fraction of sp³-hybridized carbons (Fsp3) is 0.500. The van der Waals surface area contributed by atoms with Gasteiger partial charge in [-0.1, -0.05) is 17.7 Å². The van der Waals surface area contributed by atoms with Gasteiger partial charge in [0.2, 0.25) is 0 Å². The molecule has 1 aromatic rings. The van der Waals surface area contributed by atoms with Crippen LogP contribution in [0.15, 0.2) is 24.3 Å². The topological polar surface area (TPSA) is 29.5 Å². The van der Waals surface area contributed by atoms with Crippen molar-refractivity contribution in [3.8, 4) is 0 Å². The van der Waals surface area contributed by atoms with E-state index in [0.717, 1.165) is 0 Å². The third-order valence-corrected chi connectivity index (χ3v) is 3.10. The first-order valence-corrected chi connectivity index (χ1v) is 6.32. The Bertz CT molecular complexity index is 413. The van der Waals surface area contributed by atoms with Crippen molar-refractivity contribution in [3.05, 3.63) is 34.9 Å². The lowest BCUT2D eigenvalue weighted by molar-refractivity contribution is 0.0423. The Labute approximate surface area is 114 Å². The molecule has 0 aliphatic heterocycles. The number of benzene rings is 1. The Morgan fingerprint density at radius 2 is 2.06 bits per heavy atom. The van der Waals surface area contributed by atoms with Crippen LogP contribution in [0.5, 0.6) is 0 Å². The van der Waals surface area contributed by atoms with Gasteiger partial charge in [0.1, 0.15) is 6.61 Å². The molecule has 0 fully saturated rings. The third kappa shape index (κ3) is 4.67. The van der Waals surface area contributed by atoms with Gasteiger partial charge >= 0.3 is 5.97 Å². The highest BCUT2D eigenvalue weighted by molar-refractivity contribution is 6.30. The number of halogens is 1.